The molecule has 1 aliphatic rings. The van der Waals surface area contributed by atoms with E-state index in [2.05, 4.69) is 21.3 Å². The molecule has 33 heavy (non-hydrogen) atoms. The fourth-order valence-corrected chi connectivity index (χ4v) is 4.38. The van der Waals surface area contributed by atoms with E-state index < -0.39 is 0 Å². The molecule has 0 bridgehead atoms. The molecular weight excluding hydrogens is 422 g/mol. The van der Waals surface area contributed by atoms with Gasteiger partial charge in [0.05, 0.1) is 26.9 Å². The third kappa shape index (κ3) is 6.21. The van der Waals surface area contributed by atoms with Gasteiger partial charge in [0, 0.05) is 56.5 Å². The molecule has 1 aliphatic carbocycles. The van der Waals surface area contributed by atoms with Gasteiger partial charge in [-0.15, -0.1) is 0 Å². The zero-order chi connectivity index (χ0) is 23.8. The number of aromatic nitrogens is 1. The van der Waals surface area contributed by atoms with Crippen LogP contribution >= 0.6 is 0 Å². The van der Waals surface area contributed by atoms with E-state index in [9.17, 15) is 9.59 Å². The summed E-state index contributed by atoms with van der Waals surface area (Å²) in [5.41, 5.74) is 1.61. The van der Waals surface area contributed by atoms with E-state index in [-0.39, 0.29) is 17.7 Å². The minimum absolute atomic E-state index is 0.0521. The highest BCUT2D eigenvalue weighted by atomic mass is 16.5. The Morgan fingerprint density at radius 2 is 1.64 bits per heavy atom. The minimum Gasteiger partial charge on any atom is -0.496 e. The topological polar surface area (TPSA) is 90.8 Å². The molecule has 0 radical (unpaired) electrons. The largest absolute Gasteiger partial charge is 0.496 e. The number of methoxy groups -OCH3 is 3. The number of nitrogens with zero attached hydrogens (tertiary/aromatic N) is 1. The Bertz CT molecular complexity index is 948. The number of hydrogen-bond acceptors (Lipinski definition) is 5. The van der Waals surface area contributed by atoms with Crippen molar-refractivity contribution in [2.75, 3.05) is 34.4 Å². The van der Waals surface area contributed by atoms with Crippen molar-refractivity contribution in [3.05, 3.63) is 41.7 Å². The lowest BCUT2D eigenvalue weighted by molar-refractivity contribution is -0.126. The number of aryl methyl sites for hydroxylation is 1. The van der Waals surface area contributed by atoms with E-state index in [0.29, 0.717) is 41.8 Å². The van der Waals surface area contributed by atoms with E-state index in [4.69, 9.17) is 14.2 Å². The van der Waals surface area contributed by atoms with E-state index >= 15 is 0 Å². The van der Waals surface area contributed by atoms with Gasteiger partial charge in [-0.2, -0.15) is 0 Å². The first-order valence-electron chi connectivity index (χ1n) is 11.4. The van der Waals surface area contributed by atoms with Crippen molar-refractivity contribution in [1.29, 1.82) is 0 Å². The average molecular weight is 458 g/mol. The molecule has 1 aromatic carbocycles. The van der Waals surface area contributed by atoms with Crippen LogP contribution in [0.25, 0.3) is 0 Å². The molecule has 1 aromatic heterocycles. The van der Waals surface area contributed by atoms with Crippen molar-refractivity contribution < 1.29 is 23.8 Å². The fraction of sp³-hybridized carbons (Fsp3) is 0.520. The standard InChI is InChI=1S/C25H35N3O5/c1-28-13-5-6-19(28)11-12-26-24(29)18-9-7-17(8-10-18)16-27-25(30)20-14-22(32-3)23(33-4)15-21(20)31-2/h5-6,13-15,17-18H,7-12,16H2,1-4H3,(H,26,29)(H,27,30). The maximum Gasteiger partial charge on any atom is 0.255 e. The molecule has 2 amide bonds. The Labute approximate surface area is 195 Å². The van der Waals surface area contributed by atoms with Crippen LogP contribution in [0.5, 0.6) is 17.2 Å². The summed E-state index contributed by atoms with van der Waals surface area (Å²) in [5.74, 6) is 1.74. The lowest BCUT2D eigenvalue weighted by Crippen LogP contribution is -2.37. The maximum atomic E-state index is 12.8. The summed E-state index contributed by atoms with van der Waals surface area (Å²) >= 11 is 0. The Hall–Kier alpha value is -3.16. The summed E-state index contributed by atoms with van der Waals surface area (Å²) in [4.78, 5) is 25.3. The van der Waals surface area contributed by atoms with Gasteiger partial charge in [-0.05, 0) is 43.7 Å². The van der Waals surface area contributed by atoms with Crippen LogP contribution in [-0.2, 0) is 18.3 Å². The summed E-state index contributed by atoms with van der Waals surface area (Å²) in [6.07, 6.45) is 6.36. The summed E-state index contributed by atoms with van der Waals surface area (Å²) in [6.45, 7) is 1.22. The number of rotatable bonds is 10. The predicted molar refractivity (Wildman–Crippen MR) is 126 cm³/mol. The van der Waals surface area contributed by atoms with Crippen LogP contribution < -0.4 is 24.8 Å². The second-order valence-corrected chi connectivity index (χ2v) is 8.49. The number of carbonyl (C=O) groups excluding carboxylic acids is 2. The molecule has 0 atom stereocenters. The number of nitrogens with one attached hydrogen (secondary N) is 2. The van der Waals surface area contributed by atoms with Crippen LogP contribution in [0.4, 0.5) is 0 Å². The van der Waals surface area contributed by atoms with Gasteiger partial charge in [0.1, 0.15) is 5.75 Å². The van der Waals surface area contributed by atoms with Crippen molar-refractivity contribution in [2.24, 2.45) is 18.9 Å². The van der Waals surface area contributed by atoms with Gasteiger partial charge in [0.2, 0.25) is 5.91 Å². The van der Waals surface area contributed by atoms with Crippen molar-refractivity contribution in [3.8, 4) is 17.2 Å². The van der Waals surface area contributed by atoms with Gasteiger partial charge in [0.15, 0.2) is 11.5 Å². The third-order valence-electron chi connectivity index (χ3n) is 6.45. The quantitative estimate of drug-likeness (QED) is 0.573. The SMILES string of the molecule is COc1cc(OC)c(C(=O)NCC2CCC(C(=O)NCCc3cccn3C)CC2)cc1OC. The highest BCUT2D eigenvalue weighted by Gasteiger charge is 2.27. The molecule has 2 aromatic rings. The summed E-state index contributed by atoms with van der Waals surface area (Å²) in [5, 5.41) is 6.09. The first-order valence-corrected chi connectivity index (χ1v) is 11.4. The molecule has 1 heterocycles. The van der Waals surface area contributed by atoms with Crippen LogP contribution in [0.3, 0.4) is 0 Å². The van der Waals surface area contributed by atoms with Gasteiger partial charge in [0.25, 0.3) is 5.91 Å². The Morgan fingerprint density at radius 1 is 0.970 bits per heavy atom. The van der Waals surface area contributed by atoms with E-state index in [0.717, 1.165) is 32.1 Å². The van der Waals surface area contributed by atoms with Crippen molar-refractivity contribution in [2.45, 2.75) is 32.1 Å². The Kier molecular flexibility index (Phi) is 8.63. The lowest BCUT2D eigenvalue weighted by Gasteiger charge is -2.28. The number of amides is 2. The van der Waals surface area contributed by atoms with Gasteiger partial charge in [-0.3, -0.25) is 9.59 Å². The van der Waals surface area contributed by atoms with Crippen molar-refractivity contribution in [3.63, 3.8) is 0 Å². The van der Waals surface area contributed by atoms with Crippen LogP contribution in [0.1, 0.15) is 41.7 Å². The molecule has 8 nitrogen and oxygen atoms in total. The van der Waals surface area contributed by atoms with E-state index in [1.54, 1.807) is 12.1 Å². The molecule has 0 saturated heterocycles. The number of hydrogen-bond donors (Lipinski definition) is 2. The van der Waals surface area contributed by atoms with Crippen molar-refractivity contribution >= 4 is 11.8 Å². The number of ether oxygens (including phenoxy) is 3. The van der Waals surface area contributed by atoms with Gasteiger partial charge in [-0.1, -0.05) is 0 Å². The molecular formula is C25H35N3O5. The molecule has 3 rings (SSSR count). The van der Waals surface area contributed by atoms with E-state index in [1.165, 1.54) is 27.0 Å². The number of carbonyl (C=O) groups is 2. The first-order chi connectivity index (χ1) is 16.0. The van der Waals surface area contributed by atoms with Gasteiger partial charge >= 0.3 is 0 Å². The third-order valence-corrected chi connectivity index (χ3v) is 6.45. The molecule has 180 valence electrons. The number of benzene rings is 1. The van der Waals surface area contributed by atoms with Gasteiger partial charge < -0.3 is 29.4 Å². The molecule has 2 N–H and O–H groups in total. The summed E-state index contributed by atoms with van der Waals surface area (Å²) in [6, 6.07) is 7.36. The Morgan fingerprint density at radius 3 is 2.24 bits per heavy atom. The monoisotopic (exact) mass is 457 g/mol. The zero-order valence-electron chi connectivity index (χ0n) is 20.0. The minimum atomic E-state index is -0.214. The summed E-state index contributed by atoms with van der Waals surface area (Å²) in [7, 11) is 6.60. The molecule has 0 unspecified atom stereocenters. The first kappa shape index (κ1) is 24.5. The van der Waals surface area contributed by atoms with E-state index in [1.807, 2.05) is 19.3 Å². The van der Waals surface area contributed by atoms with Crippen molar-refractivity contribution in [1.82, 2.24) is 15.2 Å². The Balaban J connectivity index is 1.44. The smallest absolute Gasteiger partial charge is 0.255 e. The second kappa shape index (κ2) is 11.6. The molecule has 1 fully saturated rings. The van der Waals surface area contributed by atoms with Gasteiger partial charge in [-0.25, -0.2) is 0 Å². The normalized spacial score (nSPS) is 17.8. The van der Waals surface area contributed by atoms with Crippen LogP contribution in [0, 0.1) is 11.8 Å². The molecule has 8 heteroatoms. The molecule has 0 spiro atoms. The molecule has 1 saturated carbocycles. The second-order valence-electron chi connectivity index (χ2n) is 8.49. The maximum absolute atomic E-state index is 12.8. The lowest BCUT2D eigenvalue weighted by atomic mass is 9.81. The van der Waals surface area contributed by atoms with Crippen LogP contribution in [0.15, 0.2) is 30.5 Å². The average Bonchev–Trinajstić information content (AvgIpc) is 3.26. The predicted octanol–water partition coefficient (Wildman–Crippen LogP) is 2.95. The molecule has 0 aliphatic heterocycles. The highest BCUT2D eigenvalue weighted by molar-refractivity contribution is 5.97. The summed E-state index contributed by atoms with van der Waals surface area (Å²) < 4.78 is 18.0. The fourth-order valence-electron chi connectivity index (χ4n) is 4.38. The highest BCUT2D eigenvalue weighted by Crippen LogP contribution is 2.35. The van der Waals surface area contributed by atoms with Crippen LogP contribution in [0.2, 0.25) is 0 Å². The van der Waals surface area contributed by atoms with Crippen LogP contribution in [-0.4, -0.2) is 50.8 Å². The zero-order valence-corrected chi connectivity index (χ0v) is 20.0.